The molecule has 0 radical (unpaired) electrons. The lowest BCUT2D eigenvalue weighted by molar-refractivity contribution is 0.0215. The zero-order valence-corrected chi connectivity index (χ0v) is 10.8. The number of carbonyl (C=O) groups is 1. The molecule has 0 unspecified atom stereocenters. The van der Waals surface area contributed by atoms with Gasteiger partial charge in [0.1, 0.15) is 18.0 Å². The number of nitrogens with zero attached hydrogens (tertiary/aromatic N) is 1. The van der Waals surface area contributed by atoms with E-state index in [-0.39, 0.29) is 24.5 Å². The van der Waals surface area contributed by atoms with Crippen molar-refractivity contribution in [2.45, 2.75) is 6.43 Å². The molecule has 5 nitrogen and oxygen atoms in total. The van der Waals surface area contributed by atoms with E-state index < -0.39 is 19.0 Å². The molecule has 100 valence electrons. The number of halogens is 3. The summed E-state index contributed by atoms with van der Waals surface area (Å²) in [6, 6.07) is 1.40. The first-order chi connectivity index (χ1) is 8.50. The molecule has 0 aliphatic heterocycles. The molecule has 0 aliphatic carbocycles. The van der Waals surface area contributed by atoms with Crippen molar-refractivity contribution in [3.63, 3.8) is 0 Å². The first-order valence-electron chi connectivity index (χ1n) is 4.99. The van der Waals surface area contributed by atoms with Crippen molar-refractivity contribution in [3.05, 3.63) is 22.3 Å². The van der Waals surface area contributed by atoms with Crippen molar-refractivity contribution >= 4 is 27.7 Å². The number of nitrogens with one attached hydrogen (secondary N) is 1. The Hall–Kier alpha value is -1.28. The van der Waals surface area contributed by atoms with Crippen LogP contribution in [-0.4, -0.2) is 42.2 Å². The van der Waals surface area contributed by atoms with Gasteiger partial charge in [-0.2, -0.15) is 0 Å². The normalized spacial score (nSPS) is 10.7. The van der Waals surface area contributed by atoms with Crippen molar-refractivity contribution in [2.24, 2.45) is 0 Å². The van der Waals surface area contributed by atoms with Gasteiger partial charge in [0.2, 0.25) is 0 Å². The summed E-state index contributed by atoms with van der Waals surface area (Å²) in [6.45, 7) is -0.399. The van der Waals surface area contributed by atoms with E-state index in [0.29, 0.717) is 4.47 Å². The monoisotopic (exact) mass is 324 g/mol. The van der Waals surface area contributed by atoms with Crippen LogP contribution < -0.4 is 5.32 Å². The van der Waals surface area contributed by atoms with E-state index in [2.05, 4.69) is 31.0 Å². The zero-order valence-electron chi connectivity index (χ0n) is 9.20. The van der Waals surface area contributed by atoms with Gasteiger partial charge in [-0.3, -0.25) is 0 Å². The molecule has 0 saturated carbocycles. The predicted octanol–water partition coefficient (Wildman–Crippen LogP) is 2.24. The molecular formula is C10H11BrF2N2O3. The number of ether oxygens (including phenoxy) is 1. The van der Waals surface area contributed by atoms with E-state index >= 15 is 0 Å². The lowest BCUT2D eigenvalue weighted by Crippen LogP contribution is -2.15. The second-order valence-corrected chi connectivity index (χ2v) is 4.16. The minimum absolute atomic E-state index is 0.00163. The van der Waals surface area contributed by atoms with Gasteiger partial charge in [-0.15, -0.1) is 0 Å². The second-order valence-electron chi connectivity index (χ2n) is 3.25. The van der Waals surface area contributed by atoms with Gasteiger partial charge in [0.05, 0.1) is 6.61 Å². The zero-order chi connectivity index (χ0) is 13.5. The van der Waals surface area contributed by atoms with Gasteiger partial charge in [0.25, 0.3) is 6.43 Å². The summed E-state index contributed by atoms with van der Waals surface area (Å²) in [5, 5.41) is 11.6. The number of pyridine rings is 1. The van der Waals surface area contributed by atoms with Crippen molar-refractivity contribution in [2.75, 3.05) is 25.1 Å². The van der Waals surface area contributed by atoms with Crippen LogP contribution in [0.15, 0.2) is 16.7 Å². The van der Waals surface area contributed by atoms with Gasteiger partial charge in [0.15, 0.2) is 0 Å². The highest BCUT2D eigenvalue weighted by atomic mass is 79.9. The van der Waals surface area contributed by atoms with E-state index in [0.717, 1.165) is 0 Å². The maximum Gasteiger partial charge on any atom is 0.339 e. The lowest BCUT2D eigenvalue weighted by Gasteiger charge is -2.09. The molecule has 0 amide bonds. The topological polar surface area (TPSA) is 71.5 Å². The third-order valence-electron chi connectivity index (χ3n) is 1.87. The Morgan fingerprint density at radius 3 is 2.94 bits per heavy atom. The summed E-state index contributed by atoms with van der Waals surface area (Å²) >= 11 is 3.11. The molecule has 0 aliphatic rings. The number of hydrogen-bond acceptors (Lipinski definition) is 4. The molecule has 0 bridgehead atoms. The van der Waals surface area contributed by atoms with E-state index in [1.165, 1.54) is 12.3 Å². The predicted molar refractivity (Wildman–Crippen MR) is 64.2 cm³/mol. The number of alkyl halides is 2. The molecule has 1 aromatic rings. The third kappa shape index (κ3) is 4.92. The number of aromatic nitrogens is 1. The number of hydrogen-bond donors (Lipinski definition) is 2. The van der Waals surface area contributed by atoms with Gasteiger partial charge in [-0.05, 0) is 22.0 Å². The van der Waals surface area contributed by atoms with Crippen molar-refractivity contribution < 1.29 is 23.4 Å². The van der Waals surface area contributed by atoms with Crippen molar-refractivity contribution in [1.82, 2.24) is 4.98 Å². The molecule has 18 heavy (non-hydrogen) atoms. The first-order valence-corrected chi connectivity index (χ1v) is 5.78. The smallest absolute Gasteiger partial charge is 0.339 e. The lowest BCUT2D eigenvalue weighted by atomic mass is 10.2. The highest BCUT2D eigenvalue weighted by Crippen LogP contribution is 2.17. The summed E-state index contributed by atoms with van der Waals surface area (Å²) in [5.74, 6) is -0.953. The summed E-state index contributed by atoms with van der Waals surface area (Å²) in [6.07, 6.45) is -1.07. The Bertz CT molecular complexity index is 418. The number of carboxylic acid groups (broad SMARTS) is 1. The average Bonchev–Trinajstić information content (AvgIpc) is 2.29. The molecule has 0 saturated heterocycles. The third-order valence-corrected chi connectivity index (χ3v) is 2.30. The van der Waals surface area contributed by atoms with Crippen LogP contribution in [-0.2, 0) is 4.74 Å². The molecule has 0 atom stereocenters. The van der Waals surface area contributed by atoms with E-state index in [4.69, 9.17) is 5.11 Å². The minimum Gasteiger partial charge on any atom is -0.478 e. The fraction of sp³-hybridized carbons (Fsp3) is 0.400. The van der Waals surface area contributed by atoms with Crippen LogP contribution in [0.2, 0.25) is 0 Å². The Morgan fingerprint density at radius 2 is 2.33 bits per heavy atom. The SMILES string of the molecule is O=C(O)c1cc(Br)cnc1NCCOCC(F)F. The van der Waals surface area contributed by atoms with Crippen LogP contribution in [0.3, 0.4) is 0 Å². The molecular weight excluding hydrogens is 314 g/mol. The number of anilines is 1. The summed E-state index contributed by atoms with van der Waals surface area (Å²) < 4.78 is 28.7. The highest BCUT2D eigenvalue weighted by molar-refractivity contribution is 9.10. The maximum absolute atomic E-state index is 11.8. The van der Waals surface area contributed by atoms with Crippen LogP contribution >= 0.6 is 15.9 Å². The largest absolute Gasteiger partial charge is 0.478 e. The molecule has 1 heterocycles. The standard InChI is InChI=1S/C10H11BrF2N2O3/c11-6-3-7(10(16)17)9(15-4-6)14-1-2-18-5-8(12)13/h3-4,8H,1-2,5H2,(H,14,15)(H,16,17). The molecule has 0 spiro atoms. The van der Waals surface area contributed by atoms with Crippen LogP contribution in [0.5, 0.6) is 0 Å². The number of rotatable bonds is 7. The fourth-order valence-electron chi connectivity index (χ4n) is 1.16. The minimum atomic E-state index is -2.51. The Labute approximate surface area is 110 Å². The number of carboxylic acids is 1. The van der Waals surface area contributed by atoms with Gasteiger partial charge in [-0.25, -0.2) is 18.6 Å². The molecule has 2 N–H and O–H groups in total. The molecule has 0 fully saturated rings. The van der Waals surface area contributed by atoms with E-state index in [1.807, 2.05) is 0 Å². The summed E-state index contributed by atoms with van der Waals surface area (Å²) in [5.41, 5.74) is -0.00163. The van der Waals surface area contributed by atoms with E-state index in [9.17, 15) is 13.6 Å². The van der Waals surface area contributed by atoms with Crippen LogP contribution in [0, 0.1) is 0 Å². The maximum atomic E-state index is 11.8. The van der Waals surface area contributed by atoms with Crippen LogP contribution in [0.1, 0.15) is 10.4 Å². The molecule has 8 heteroatoms. The van der Waals surface area contributed by atoms with Crippen LogP contribution in [0.4, 0.5) is 14.6 Å². The van der Waals surface area contributed by atoms with Crippen molar-refractivity contribution in [1.29, 1.82) is 0 Å². The quantitative estimate of drug-likeness (QED) is 0.752. The molecule has 1 aromatic heterocycles. The van der Waals surface area contributed by atoms with Gasteiger partial charge < -0.3 is 15.2 Å². The first kappa shape index (κ1) is 14.8. The van der Waals surface area contributed by atoms with E-state index in [1.54, 1.807) is 0 Å². The second kappa shape index (κ2) is 7.22. The Balaban J connectivity index is 2.49. The van der Waals surface area contributed by atoms with Crippen molar-refractivity contribution in [3.8, 4) is 0 Å². The van der Waals surface area contributed by atoms with Gasteiger partial charge in [-0.1, -0.05) is 0 Å². The Kier molecular flexibility index (Phi) is 5.93. The summed E-state index contributed by atoms with van der Waals surface area (Å²) in [4.78, 5) is 14.8. The fourth-order valence-corrected chi connectivity index (χ4v) is 1.49. The highest BCUT2D eigenvalue weighted by Gasteiger charge is 2.11. The molecule has 0 aromatic carbocycles. The average molecular weight is 325 g/mol. The van der Waals surface area contributed by atoms with Gasteiger partial charge >= 0.3 is 5.97 Å². The summed E-state index contributed by atoms with van der Waals surface area (Å²) in [7, 11) is 0. The van der Waals surface area contributed by atoms with Gasteiger partial charge in [0, 0.05) is 17.2 Å². The van der Waals surface area contributed by atoms with Crippen LogP contribution in [0.25, 0.3) is 0 Å². The number of aromatic carboxylic acids is 1. The Morgan fingerprint density at radius 1 is 1.61 bits per heavy atom. The molecule has 1 rings (SSSR count).